The van der Waals surface area contributed by atoms with Gasteiger partial charge in [0, 0.05) is 30.4 Å². The van der Waals surface area contributed by atoms with Crippen LogP contribution in [0.25, 0.3) is 0 Å². The second kappa shape index (κ2) is 9.77. The predicted molar refractivity (Wildman–Crippen MR) is 125 cm³/mol. The van der Waals surface area contributed by atoms with Gasteiger partial charge in [0.25, 0.3) is 5.91 Å². The minimum Gasteiger partial charge on any atom is -0.488 e. The topological polar surface area (TPSA) is 111 Å². The van der Waals surface area contributed by atoms with Gasteiger partial charge in [-0.15, -0.1) is 0 Å². The Morgan fingerprint density at radius 2 is 1.82 bits per heavy atom. The van der Waals surface area contributed by atoms with Gasteiger partial charge in [0.1, 0.15) is 18.1 Å². The maximum absolute atomic E-state index is 12.9. The largest absolute Gasteiger partial charge is 0.488 e. The highest BCUT2D eigenvalue weighted by Crippen LogP contribution is 2.26. The number of amides is 2. The van der Waals surface area contributed by atoms with E-state index in [1.54, 1.807) is 18.2 Å². The Balaban J connectivity index is 1.39. The first-order valence-electron chi connectivity index (χ1n) is 11.0. The molecule has 8 heteroatoms. The molecule has 1 aliphatic heterocycles. The number of ether oxygens (including phenoxy) is 1. The predicted octanol–water partition coefficient (Wildman–Crippen LogP) is 3.82. The van der Waals surface area contributed by atoms with Crippen molar-refractivity contribution in [2.24, 2.45) is 11.7 Å². The van der Waals surface area contributed by atoms with Crippen molar-refractivity contribution in [2.75, 3.05) is 23.3 Å². The number of nitrogens with two attached hydrogens (primary N) is 1. The molecule has 0 unspecified atom stereocenters. The van der Waals surface area contributed by atoms with Crippen LogP contribution in [0.1, 0.15) is 40.2 Å². The summed E-state index contributed by atoms with van der Waals surface area (Å²) in [5, 5.41) is 6.87. The lowest BCUT2D eigenvalue weighted by Crippen LogP contribution is -2.38. The Bertz CT molecular complexity index is 1110. The van der Waals surface area contributed by atoms with E-state index in [4.69, 9.17) is 15.0 Å². The van der Waals surface area contributed by atoms with Crippen LogP contribution in [-0.2, 0) is 11.4 Å². The van der Waals surface area contributed by atoms with Crippen LogP contribution in [-0.4, -0.2) is 30.1 Å². The van der Waals surface area contributed by atoms with Gasteiger partial charge in [-0.2, -0.15) is 0 Å². The summed E-state index contributed by atoms with van der Waals surface area (Å²) >= 11 is 0. The summed E-state index contributed by atoms with van der Waals surface area (Å²) in [6.07, 6.45) is 1.52. The highest BCUT2D eigenvalue weighted by Gasteiger charge is 2.23. The minimum atomic E-state index is -0.251. The molecule has 4 rings (SSSR count). The third-order valence-electron chi connectivity index (χ3n) is 6.07. The SMILES string of the molecule is Cc1noc(C)c1COc1ccccc1C(=O)Nc1ccc(N2CCC(C(N)=O)CC2)cc1. The van der Waals surface area contributed by atoms with Gasteiger partial charge < -0.3 is 25.2 Å². The van der Waals surface area contributed by atoms with Crippen LogP contribution >= 0.6 is 0 Å². The molecule has 2 amide bonds. The molecule has 8 nitrogen and oxygen atoms in total. The zero-order valence-electron chi connectivity index (χ0n) is 18.8. The number of para-hydroxylation sites is 1. The molecular formula is C25H28N4O4. The Morgan fingerprint density at radius 3 is 2.45 bits per heavy atom. The summed E-state index contributed by atoms with van der Waals surface area (Å²) in [4.78, 5) is 26.5. The number of benzene rings is 2. The summed E-state index contributed by atoms with van der Waals surface area (Å²) < 4.78 is 11.1. The fraction of sp³-hybridized carbons (Fsp3) is 0.320. The van der Waals surface area contributed by atoms with Crippen molar-refractivity contribution in [1.82, 2.24) is 5.16 Å². The zero-order valence-corrected chi connectivity index (χ0v) is 18.8. The standard InChI is InChI=1S/C25H28N4O4/c1-16-22(17(2)33-28-16)15-32-23-6-4-3-5-21(23)25(31)27-19-7-9-20(10-8-19)29-13-11-18(12-14-29)24(26)30/h3-10,18H,11-15H2,1-2H3,(H2,26,30)(H,27,31). The molecule has 33 heavy (non-hydrogen) atoms. The van der Waals surface area contributed by atoms with Gasteiger partial charge in [-0.05, 0) is 63.1 Å². The number of carbonyl (C=O) groups is 2. The molecule has 2 aromatic carbocycles. The fourth-order valence-electron chi connectivity index (χ4n) is 4.01. The molecule has 1 aliphatic rings. The molecule has 1 fully saturated rings. The Kier molecular flexibility index (Phi) is 6.63. The Labute approximate surface area is 192 Å². The third-order valence-corrected chi connectivity index (χ3v) is 6.07. The molecular weight excluding hydrogens is 420 g/mol. The second-order valence-electron chi connectivity index (χ2n) is 8.25. The van der Waals surface area contributed by atoms with Gasteiger partial charge in [-0.1, -0.05) is 17.3 Å². The molecule has 3 N–H and O–H groups in total. The third kappa shape index (κ3) is 5.16. The Morgan fingerprint density at radius 1 is 1.12 bits per heavy atom. The molecule has 1 saturated heterocycles. The maximum atomic E-state index is 12.9. The van der Waals surface area contributed by atoms with Gasteiger partial charge in [0.2, 0.25) is 5.91 Å². The average Bonchev–Trinajstić information content (AvgIpc) is 3.15. The second-order valence-corrected chi connectivity index (χ2v) is 8.25. The first-order chi connectivity index (χ1) is 15.9. The van der Waals surface area contributed by atoms with Gasteiger partial charge >= 0.3 is 0 Å². The highest BCUT2D eigenvalue weighted by atomic mass is 16.5. The number of carbonyl (C=O) groups excluding carboxylic acids is 2. The number of anilines is 2. The average molecular weight is 449 g/mol. The molecule has 0 radical (unpaired) electrons. The van der Waals surface area contributed by atoms with E-state index >= 15 is 0 Å². The molecule has 0 atom stereocenters. The summed E-state index contributed by atoms with van der Waals surface area (Å²) in [5.41, 5.74) is 9.26. The quantitative estimate of drug-likeness (QED) is 0.568. The summed E-state index contributed by atoms with van der Waals surface area (Å²) in [5.74, 6) is 0.681. The van der Waals surface area contributed by atoms with Crippen molar-refractivity contribution in [2.45, 2.75) is 33.3 Å². The highest BCUT2D eigenvalue weighted by molar-refractivity contribution is 6.06. The molecule has 0 saturated carbocycles. The van der Waals surface area contributed by atoms with Crippen molar-refractivity contribution < 1.29 is 18.8 Å². The first kappa shape index (κ1) is 22.4. The van der Waals surface area contributed by atoms with E-state index in [-0.39, 0.29) is 24.3 Å². The number of nitrogens with zero attached hydrogens (tertiary/aromatic N) is 2. The minimum absolute atomic E-state index is 0.0419. The lowest BCUT2D eigenvalue weighted by atomic mass is 9.96. The summed E-state index contributed by atoms with van der Waals surface area (Å²) in [7, 11) is 0. The molecule has 0 bridgehead atoms. The lowest BCUT2D eigenvalue weighted by Gasteiger charge is -2.32. The van der Waals surface area contributed by atoms with E-state index in [1.807, 2.05) is 44.2 Å². The van der Waals surface area contributed by atoms with Crippen molar-refractivity contribution in [3.8, 4) is 5.75 Å². The number of nitrogens with one attached hydrogen (secondary N) is 1. The number of aromatic nitrogens is 1. The Hall–Kier alpha value is -3.81. The zero-order chi connectivity index (χ0) is 23.4. The van der Waals surface area contributed by atoms with E-state index in [2.05, 4.69) is 15.4 Å². The molecule has 3 aromatic rings. The molecule has 1 aromatic heterocycles. The van der Waals surface area contributed by atoms with Crippen molar-refractivity contribution in [3.63, 3.8) is 0 Å². The molecule has 2 heterocycles. The first-order valence-corrected chi connectivity index (χ1v) is 11.0. The summed E-state index contributed by atoms with van der Waals surface area (Å²) in [6, 6.07) is 14.8. The van der Waals surface area contributed by atoms with Crippen molar-refractivity contribution >= 4 is 23.2 Å². The number of piperidine rings is 1. The van der Waals surface area contributed by atoms with Gasteiger partial charge in [0.05, 0.1) is 16.8 Å². The normalized spacial score (nSPS) is 14.2. The number of aryl methyl sites for hydroxylation is 2. The van der Waals surface area contributed by atoms with Crippen LogP contribution in [0, 0.1) is 19.8 Å². The van der Waals surface area contributed by atoms with E-state index in [0.29, 0.717) is 22.8 Å². The van der Waals surface area contributed by atoms with E-state index in [1.165, 1.54) is 0 Å². The summed E-state index contributed by atoms with van der Waals surface area (Å²) in [6.45, 7) is 5.54. The number of primary amides is 1. The van der Waals surface area contributed by atoms with Gasteiger partial charge in [0.15, 0.2) is 0 Å². The van der Waals surface area contributed by atoms with E-state index < -0.39 is 0 Å². The maximum Gasteiger partial charge on any atom is 0.259 e. The monoisotopic (exact) mass is 448 g/mol. The number of hydrogen-bond acceptors (Lipinski definition) is 6. The number of rotatable bonds is 7. The van der Waals surface area contributed by atoms with E-state index in [9.17, 15) is 9.59 Å². The lowest BCUT2D eigenvalue weighted by molar-refractivity contribution is -0.122. The smallest absolute Gasteiger partial charge is 0.259 e. The van der Waals surface area contributed by atoms with Gasteiger partial charge in [-0.3, -0.25) is 9.59 Å². The molecule has 0 aliphatic carbocycles. The molecule has 172 valence electrons. The van der Waals surface area contributed by atoms with Crippen LogP contribution < -0.4 is 20.7 Å². The van der Waals surface area contributed by atoms with E-state index in [0.717, 1.165) is 42.9 Å². The van der Waals surface area contributed by atoms with Crippen LogP contribution in [0.5, 0.6) is 5.75 Å². The van der Waals surface area contributed by atoms with Crippen LogP contribution in [0.3, 0.4) is 0 Å². The van der Waals surface area contributed by atoms with Crippen molar-refractivity contribution in [1.29, 1.82) is 0 Å². The fourth-order valence-corrected chi connectivity index (χ4v) is 4.01. The van der Waals surface area contributed by atoms with Crippen LogP contribution in [0.15, 0.2) is 53.1 Å². The van der Waals surface area contributed by atoms with Crippen LogP contribution in [0.4, 0.5) is 11.4 Å². The number of hydrogen-bond donors (Lipinski definition) is 2. The van der Waals surface area contributed by atoms with Crippen molar-refractivity contribution in [3.05, 3.63) is 71.1 Å². The molecule has 0 spiro atoms. The van der Waals surface area contributed by atoms with Gasteiger partial charge in [-0.25, -0.2) is 0 Å². The van der Waals surface area contributed by atoms with Crippen LogP contribution in [0.2, 0.25) is 0 Å².